The van der Waals surface area contributed by atoms with Crippen LogP contribution >= 0.6 is 11.3 Å². The fourth-order valence-corrected chi connectivity index (χ4v) is 4.65. The molecule has 0 aliphatic rings. The molecule has 8 heteroatoms. The quantitative estimate of drug-likeness (QED) is 0.342. The summed E-state index contributed by atoms with van der Waals surface area (Å²) in [6, 6.07) is 25.7. The van der Waals surface area contributed by atoms with Gasteiger partial charge in [-0.3, -0.25) is 0 Å². The Morgan fingerprint density at radius 3 is 2.26 bits per heavy atom. The van der Waals surface area contributed by atoms with Gasteiger partial charge in [0.15, 0.2) is 5.82 Å². The van der Waals surface area contributed by atoms with Crippen LogP contribution in [-0.4, -0.2) is 27.2 Å². The first-order chi connectivity index (χ1) is 16.7. The maximum Gasteiger partial charge on any atom is 0.315 e. The summed E-state index contributed by atoms with van der Waals surface area (Å²) in [7, 11) is 0. The highest BCUT2D eigenvalue weighted by Crippen LogP contribution is 2.23. The highest BCUT2D eigenvalue weighted by Gasteiger charge is 2.17. The average molecular weight is 472 g/mol. The molecule has 2 amide bonds. The zero-order valence-corrected chi connectivity index (χ0v) is 19.0. The molecule has 2 heterocycles. The number of fused-ring (bicyclic) bond motifs is 1. The maximum atomic E-state index is 14.1. The molecular weight excluding hydrogens is 449 g/mol. The summed E-state index contributed by atoms with van der Waals surface area (Å²) < 4.78 is 15.8. The molecule has 34 heavy (non-hydrogen) atoms. The van der Waals surface area contributed by atoms with E-state index in [1.54, 1.807) is 22.7 Å². The van der Waals surface area contributed by atoms with Gasteiger partial charge in [-0.15, -0.1) is 16.4 Å². The Kier molecular flexibility index (Phi) is 6.31. The normalized spacial score (nSPS) is 11.1. The molecular formula is C26H22FN5OS. The van der Waals surface area contributed by atoms with Crippen molar-refractivity contribution in [2.24, 2.45) is 0 Å². The third kappa shape index (κ3) is 4.67. The van der Waals surface area contributed by atoms with Crippen LogP contribution in [0, 0.1) is 5.82 Å². The summed E-state index contributed by atoms with van der Waals surface area (Å²) >= 11 is 1.44. The van der Waals surface area contributed by atoms with E-state index in [1.165, 1.54) is 17.4 Å². The summed E-state index contributed by atoms with van der Waals surface area (Å²) in [6.45, 7) is 0.420. The molecule has 0 saturated carbocycles. The van der Waals surface area contributed by atoms with E-state index in [4.69, 9.17) is 0 Å². The number of hydrogen-bond donors (Lipinski definition) is 2. The minimum Gasteiger partial charge on any atom is -0.338 e. The number of nitrogens with zero attached hydrogens (tertiary/aromatic N) is 3. The van der Waals surface area contributed by atoms with Crippen molar-refractivity contribution in [1.29, 1.82) is 0 Å². The molecule has 3 aromatic carbocycles. The van der Waals surface area contributed by atoms with Gasteiger partial charge >= 0.3 is 6.03 Å². The smallest absolute Gasteiger partial charge is 0.315 e. The zero-order chi connectivity index (χ0) is 23.3. The molecule has 0 aliphatic carbocycles. The Labute approximate surface area is 200 Å². The molecule has 0 saturated heterocycles. The molecule has 0 fully saturated rings. The SMILES string of the molecule is O=C(NCCc1csc2nc(-c3ccccc3F)nn12)NC(c1ccccc1)c1ccccc1. The van der Waals surface area contributed by atoms with Crippen molar-refractivity contribution >= 4 is 22.3 Å². The minimum absolute atomic E-state index is 0.255. The second-order valence-electron chi connectivity index (χ2n) is 7.74. The van der Waals surface area contributed by atoms with Crippen LogP contribution in [0.5, 0.6) is 0 Å². The van der Waals surface area contributed by atoms with E-state index in [9.17, 15) is 9.18 Å². The molecule has 170 valence electrons. The van der Waals surface area contributed by atoms with E-state index < -0.39 is 0 Å². The first-order valence-electron chi connectivity index (χ1n) is 10.9. The fraction of sp³-hybridized carbons (Fsp3) is 0.115. The van der Waals surface area contributed by atoms with Gasteiger partial charge in [0.2, 0.25) is 4.96 Å². The third-order valence-corrected chi connectivity index (χ3v) is 6.34. The van der Waals surface area contributed by atoms with Crippen molar-refractivity contribution in [3.63, 3.8) is 0 Å². The Bertz CT molecular complexity index is 1360. The van der Waals surface area contributed by atoms with Gasteiger partial charge in [-0.1, -0.05) is 72.8 Å². The van der Waals surface area contributed by atoms with E-state index in [0.717, 1.165) is 16.8 Å². The molecule has 0 spiro atoms. The highest BCUT2D eigenvalue weighted by atomic mass is 32.1. The summed E-state index contributed by atoms with van der Waals surface area (Å²) in [5, 5.41) is 12.4. The van der Waals surface area contributed by atoms with Crippen LogP contribution in [0.2, 0.25) is 0 Å². The van der Waals surface area contributed by atoms with Crippen molar-refractivity contribution < 1.29 is 9.18 Å². The van der Waals surface area contributed by atoms with E-state index in [2.05, 4.69) is 20.7 Å². The maximum absolute atomic E-state index is 14.1. The van der Waals surface area contributed by atoms with Crippen molar-refractivity contribution in [2.45, 2.75) is 12.5 Å². The Morgan fingerprint density at radius 2 is 1.59 bits per heavy atom. The molecule has 5 aromatic rings. The standard InChI is InChI=1S/C26H22FN5OS/c27-22-14-8-7-13-21(22)24-30-26-32(31-24)20(17-34-26)15-16-28-25(33)29-23(18-9-3-1-4-10-18)19-11-5-2-6-12-19/h1-14,17,23H,15-16H2,(H2,28,29,33). The molecule has 0 atom stereocenters. The lowest BCUT2D eigenvalue weighted by atomic mass is 9.99. The first-order valence-corrected chi connectivity index (χ1v) is 11.8. The lowest BCUT2D eigenvalue weighted by Crippen LogP contribution is -2.39. The number of amides is 2. The van der Waals surface area contributed by atoms with Crippen LogP contribution < -0.4 is 10.6 Å². The van der Waals surface area contributed by atoms with Crippen molar-refractivity contribution in [2.75, 3.05) is 6.54 Å². The van der Waals surface area contributed by atoms with Gasteiger partial charge in [-0.2, -0.15) is 4.98 Å². The van der Waals surface area contributed by atoms with Crippen LogP contribution in [0.1, 0.15) is 22.9 Å². The van der Waals surface area contributed by atoms with Gasteiger partial charge < -0.3 is 10.6 Å². The van der Waals surface area contributed by atoms with E-state index in [-0.39, 0.29) is 17.9 Å². The summed E-state index contributed by atoms with van der Waals surface area (Å²) in [4.78, 5) is 17.9. The van der Waals surface area contributed by atoms with Gasteiger partial charge in [0.1, 0.15) is 5.82 Å². The predicted octanol–water partition coefficient (Wildman–Crippen LogP) is 5.23. The number of aromatic nitrogens is 3. The number of rotatable bonds is 7. The molecule has 5 rings (SSSR count). The number of nitrogens with one attached hydrogen (secondary N) is 2. The van der Waals surface area contributed by atoms with Gasteiger partial charge in [0.25, 0.3) is 0 Å². The average Bonchev–Trinajstić information content (AvgIpc) is 3.45. The van der Waals surface area contributed by atoms with Gasteiger partial charge in [-0.05, 0) is 23.3 Å². The Morgan fingerprint density at radius 1 is 0.941 bits per heavy atom. The fourth-order valence-electron chi connectivity index (χ4n) is 3.79. The lowest BCUT2D eigenvalue weighted by Gasteiger charge is -2.20. The van der Waals surface area contributed by atoms with Gasteiger partial charge in [0, 0.05) is 18.3 Å². The second-order valence-corrected chi connectivity index (χ2v) is 8.58. The van der Waals surface area contributed by atoms with Crippen molar-refractivity contribution in [3.05, 3.63) is 113 Å². The van der Waals surface area contributed by atoms with Crippen molar-refractivity contribution in [1.82, 2.24) is 25.2 Å². The van der Waals surface area contributed by atoms with E-state index in [0.29, 0.717) is 29.3 Å². The number of halogens is 1. The molecule has 2 aromatic heterocycles. The largest absolute Gasteiger partial charge is 0.338 e. The van der Waals surface area contributed by atoms with Crippen molar-refractivity contribution in [3.8, 4) is 11.4 Å². The van der Waals surface area contributed by atoms with Crippen LogP contribution in [-0.2, 0) is 6.42 Å². The molecule has 0 radical (unpaired) electrons. The number of carbonyl (C=O) groups is 1. The van der Waals surface area contributed by atoms with Gasteiger partial charge in [-0.25, -0.2) is 13.7 Å². The van der Waals surface area contributed by atoms with E-state index in [1.807, 2.05) is 66.0 Å². The molecule has 0 aliphatic heterocycles. The van der Waals surface area contributed by atoms with E-state index >= 15 is 0 Å². The third-order valence-electron chi connectivity index (χ3n) is 5.47. The highest BCUT2D eigenvalue weighted by molar-refractivity contribution is 7.15. The molecule has 0 bridgehead atoms. The predicted molar refractivity (Wildman–Crippen MR) is 131 cm³/mol. The zero-order valence-electron chi connectivity index (χ0n) is 18.2. The number of urea groups is 1. The van der Waals surface area contributed by atoms with Crippen LogP contribution in [0.3, 0.4) is 0 Å². The molecule has 6 nitrogen and oxygen atoms in total. The lowest BCUT2D eigenvalue weighted by molar-refractivity contribution is 0.239. The number of hydrogen-bond acceptors (Lipinski definition) is 4. The van der Waals surface area contributed by atoms with Crippen LogP contribution in [0.15, 0.2) is 90.3 Å². The minimum atomic E-state index is -0.355. The second kappa shape index (κ2) is 9.84. The summed E-state index contributed by atoms with van der Waals surface area (Å²) in [5.74, 6) is -0.00232. The molecule has 2 N–H and O–H groups in total. The first kappa shape index (κ1) is 21.8. The number of thiazole rings is 1. The Balaban J connectivity index is 1.25. The Hall–Kier alpha value is -4.04. The van der Waals surface area contributed by atoms with Crippen LogP contribution in [0.4, 0.5) is 9.18 Å². The topological polar surface area (TPSA) is 71.3 Å². The van der Waals surface area contributed by atoms with Gasteiger partial charge in [0.05, 0.1) is 17.3 Å². The summed E-state index contributed by atoms with van der Waals surface area (Å²) in [6.07, 6.45) is 0.564. The van der Waals surface area contributed by atoms with Crippen LogP contribution in [0.25, 0.3) is 16.3 Å². The number of benzene rings is 3. The molecule has 0 unspecified atom stereocenters. The monoisotopic (exact) mass is 471 g/mol. The number of carbonyl (C=O) groups excluding carboxylic acids is 1. The summed E-state index contributed by atoms with van der Waals surface area (Å²) in [5.41, 5.74) is 3.28.